The highest BCUT2D eigenvalue weighted by atomic mass is 32.2. The second-order valence-corrected chi connectivity index (χ2v) is 7.28. The predicted molar refractivity (Wildman–Crippen MR) is 89.4 cm³/mol. The van der Waals surface area contributed by atoms with Crippen LogP contribution in [0.2, 0.25) is 0 Å². The van der Waals surface area contributed by atoms with E-state index in [1.54, 1.807) is 7.11 Å². The van der Waals surface area contributed by atoms with Crippen LogP contribution in [-0.2, 0) is 9.84 Å². The Morgan fingerprint density at radius 2 is 1.54 bits per heavy atom. The Bertz CT molecular complexity index is 774. The van der Waals surface area contributed by atoms with E-state index in [1.165, 1.54) is 24.3 Å². The molecule has 1 unspecified atom stereocenters. The van der Waals surface area contributed by atoms with E-state index in [0.717, 1.165) is 17.0 Å². The Kier molecular flexibility index (Phi) is 5.43. The minimum absolute atomic E-state index is 0.00784. The monoisotopic (exact) mass is 355 g/mol. The molecule has 0 bridgehead atoms. The van der Waals surface area contributed by atoms with E-state index in [1.807, 2.05) is 43.1 Å². The quantitative estimate of drug-likeness (QED) is 0.789. The number of alkyl halides is 2. The Balaban J connectivity index is 2.21. The minimum Gasteiger partial charge on any atom is -0.497 e. The molecule has 0 aliphatic rings. The Morgan fingerprint density at radius 3 is 2.00 bits per heavy atom. The summed E-state index contributed by atoms with van der Waals surface area (Å²) in [7, 11) is -1.12. The van der Waals surface area contributed by atoms with E-state index < -0.39 is 15.6 Å². The standard InChI is InChI=1S/C17H19F2NO3S/c1-12(13-4-8-15(23-3)9-5-13)20(2)14-6-10-16(11-7-14)24(21,22)17(18)19/h4-12,17H,1-3H3. The zero-order valence-electron chi connectivity index (χ0n) is 13.6. The molecule has 2 aromatic carbocycles. The van der Waals surface area contributed by atoms with Gasteiger partial charge in [0.1, 0.15) is 5.75 Å². The van der Waals surface area contributed by atoms with Gasteiger partial charge in [0.2, 0.25) is 9.84 Å². The van der Waals surface area contributed by atoms with Crippen molar-refractivity contribution in [1.82, 2.24) is 0 Å². The molecule has 4 nitrogen and oxygen atoms in total. The summed E-state index contributed by atoms with van der Waals surface area (Å²) in [6.45, 7) is 1.99. The first-order chi connectivity index (χ1) is 11.3. The number of anilines is 1. The summed E-state index contributed by atoms with van der Waals surface area (Å²) >= 11 is 0. The van der Waals surface area contributed by atoms with Gasteiger partial charge in [0.05, 0.1) is 18.0 Å². The zero-order valence-corrected chi connectivity index (χ0v) is 14.4. The number of ether oxygens (including phenoxy) is 1. The fourth-order valence-corrected chi connectivity index (χ4v) is 3.02. The number of benzene rings is 2. The SMILES string of the molecule is COc1ccc(C(C)N(C)c2ccc(S(=O)(=O)C(F)F)cc2)cc1. The summed E-state index contributed by atoms with van der Waals surface area (Å²) in [4.78, 5) is 1.55. The molecule has 1 atom stereocenters. The van der Waals surface area contributed by atoms with E-state index in [4.69, 9.17) is 4.74 Å². The third kappa shape index (κ3) is 3.67. The molecule has 0 aliphatic carbocycles. The number of sulfone groups is 1. The van der Waals surface area contributed by atoms with Gasteiger partial charge in [-0.05, 0) is 48.9 Å². The topological polar surface area (TPSA) is 46.6 Å². The van der Waals surface area contributed by atoms with Gasteiger partial charge in [-0.3, -0.25) is 0 Å². The molecule has 0 saturated carbocycles. The molecule has 0 heterocycles. The number of hydrogen-bond donors (Lipinski definition) is 0. The van der Waals surface area contributed by atoms with Crippen LogP contribution in [0, 0.1) is 0 Å². The Hall–Kier alpha value is -2.15. The number of hydrogen-bond acceptors (Lipinski definition) is 4. The van der Waals surface area contributed by atoms with Gasteiger partial charge in [0.25, 0.3) is 0 Å². The van der Waals surface area contributed by atoms with Crippen LogP contribution in [0.25, 0.3) is 0 Å². The lowest BCUT2D eigenvalue weighted by Gasteiger charge is -2.27. The average molecular weight is 355 g/mol. The first kappa shape index (κ1) is 18.2. The summed E-state index contributed by atoms with van der Waals surface area (Å²) < 4.78 is 53.2. The van der Waals surface area contributed by atoms with Crippen LogP contribution in [0.5, 0.6) is 5.75 Å². The minimum atomic E-state index is -4.57. The molecule has 0 saturated heterocycles. The summed E-state index contributed by atoms with van der Waals surface area (Å²) in [5.74, 6) is -2.66. The molecule has 24 heavy (non-hydrogen) atoms. The van der Waals surface area contributed by atoms with E-state index in [-0.39, 0.29) is 10.9 Å². The van der Waals surface area contributed by atoms with Gasteiger partial charge < -0.3 is 9.64 Å². The maximum absolute atomic E-state index is 12.6. The summed E-state index contributed by atoms with van der Waals surface area (Å²) in [6, 6.07) is 13.1. The van der Waals surface area contributed by atoms with Crippen molar-refractivity contribution in [2.75, 3.05) is 19.1 Å². The van der Waals surface area contributed by atoms with E-state index in [2.05, 4.69) is 0 Å². The van der Waals surface area contributed by atoms with Crippen LogP contribution in [0.1, 0.15) is 18.5 Å². The zero-order chi connectivity index (χ0) is 17.9. The molecule has 0 spiro atoms. The summed E-state index contributed by atoms with van der Waals surface area (Å²) in [6.07, 6.45) is 0. The van der Waals surface area contributed by atoms with Crippen molar-refractivity contribution in [2.24, 2.45) is 0 Å². The van der Waals surface area contributed by atoms with Gasteiger partial charge in [-0.15, -0.1) is 0 Å². The van der Waals surface area contributed by atoms with Crippen molar-refractivity contribution in [3.05, 3.63) is 54.1 Å². The number of methoxy groups -OCH3 is 1. The van der Waals surface area contributed by atoms with Crippen LogP contribution >= 0.6 is 0 Å². The van der Waals surface area contributed by atoms with Gasteiger partial charge in [0.15, 0.2) is 0 Å². The molecular weight excluding hydrogens is 336 g/mol. The van der Waals surface area contributed by atoms with E-state index in [9.17, 15) is 17.2 Å². The second-order valence-electron chi connectivity index (χ2n) is 5.36. The Morgan fingerprint density at radius 1 is 1.00 bits per heavy atom. The van der Waals surface area contributed by atoms with Crippen LogP contribution in [-0.4, -0.2) is 28.3 Å². The number of rotatable bonds is 6. The first-order valence-corrected chi connectivity index (χ1v) is 8.81. The maximum atomic E-state index is 12.6. The molecule has 0 aromatic heterocycles. The third-order valence-electron chi connectivity index (χ3n) is 3.99. The predicted octanol–water partition coefficient (Wildman–Crippen LogP) is 3.89. The van der Waals surface area contributed by atoms with Crippen LogP contribution in [0.3, 0.4) is 0 Å². The van der Waals surface area contributed by atoms with Crippen LogP contribution in [0.15, 0.2) is 53.4 Å². The lowest BCUT2D eigenvalue weighted by Crippen LogP contribution is -2.21. The lowest BCUT2D eigenvalue weighted by atomic mass is 10.1. The van der Waals surface area contributed by atoms with Gasteiger partial charge >= 0.3 is 5.76 Å². The van der Waals surface area contributed by atoms with Gasteiger partial charge in [-0.2, -0.15) is 8.78 Å². The lowest BCUT2D eigenvalue weighted by molar-refractivity contribution is 0.234. The van der Waals surface area contributed by atoms with Crippen LogP contribution in [0.4, 0.5) is 14.5 Å². The molecule has 7 heteroatoms. The van der Waals surface area contributed by atoms with Gasteiger partial charge in [-0.25, -0.2) is 8.42 Å². The van der Waals surface area contributed by atoms with Crippen molar-refractivity contribution in [3.8, 4) is 5.75 Å². The van der Waals surface area contributed by atoms with E-state index in [0.29, 0.717) is 0 Å². The molecule has 130 valence electrons. The summed E-state index contributed by atoms with van der Waals surface area (Å²) in [5, 5.41) is 0. The van der Waals surface area contributed by atoms with Crippen molar-refractivity contribution >= 4 is 15.5 Å². The maximum Gasteiger partial charge on any atom is 0.341 e. The van der Waals surface area contributed by atoms with E-state index >= 15 is 0 Å². The van der Waals surface area contributed by atoms with Gasteiger partial charge in [0, 0.05) is 12.7 Å². The van der Waals surface area contributed by atoms with Crippen LogP contribution < -0.4 is 9.64 Å². The Labute approximate surface area is 140 Å². The highest BCUT2D eigenvalue weighted by Crippen LogP contribution is 2.28. The largest absolute Gasteiger partial charge is 0.497 e. The second kappa shape index (κ2) is 7.17. The van der Waals surface area contributed by atoms with Gasteiger partial charge in [-0.1, -0.05) is 12.1 Å². The smallest absolute Gasteiger partial charge is 0.341 e. The van der Waals surface area contributed by atoms with Crippen molar-refractivity contribution < 1.29 is 21.9 Å². The molecule has 2 aromatic rings. The molecular formula is C17H19F2NO3S. The summed E-state index contributed by atoms with van der Waals surface area (Å²) in [5.41, 5.74) is 1.77. The number of nitrogens with zero attached hydrogens (tertiary/aromatic N) is 1. The van der Waals surface area contributed by atoms with Crippen molar-refractivity contribution in [1.29, 1.82) is 0 Å². The van der Waals surface area contributed by atoms with Crippen molar-refractivity contribution in [3.63, 3.8) is 0 Å². The molecule has 0 radical (unpaired) electrons. The normalized spacial score (nSPS) is 12.9. The van der Waals surface area contributed by atoms with Crippen molar-refractivity contribution in [2.45, 2.75) is 23.6 Å². The third-order valence-corrected chi connectivity index (χ3v) is 5.38. The fourth-order valence-electron chi connectivity index (χ4n) is 2.30. The average Bonchev–Trinajstić information content (AvgIpc) is 2.60. The number of halogens is 2. The highest BCUT2D eigenvalue weighted by Gasteiger charge is 2.26. The highest BCUT2D eigenvalue weighted by molar-refractivity contribution is 7.91. The fraction of sp³-hybridized carbons (Fsp3) is 0.294. The molecule has 0 aliphatic heterocycles. The molecule has 2 rings (SSSR count). The first-order valence-electron chi connectivity index (χ1n) is 7.26. The molecule has 0 N–H and O–H groups in total. The molecule has 0 amide bonds. The molecule has 0 fully saturated rings.